The van der Waals surface area contributed by atoms with Crippen molar-refractivity contribution in [1.82, 2.24) is 14.5 Å². The lowest BCUT2D eigenvalue weighted by molar-refractivity contribution is -0.121. The van der Waals surface area contributed by atoms with E-state index in [1.54, 1.807) is 18.4 Å². The number of benzene rings is 1. The Morgan fingerprint density at radius 3 is 2.79 bits per heavy atom. The van der Waals surface area contributed by atoms with Crippen LogP contribution in [-0.4, -0.2) is 28.7 Å². The number of nitrogens with zero attached hydrogens (tertiary/aromatic N) is 2. The van der Waals surface area contributed by atoms with Gasteiger partial charge in [-0.3, -0.25) is 4.79 Å². The molecule has 1 N–H and O–H groups in total. The quantitative estimate of drug-likeness (QED) is 0.409. The number of aromatic nitrogens is 2. The lowest BCUT2D eigenvalue weighted by Gasteiger charge is -2.18. The highest BCUT2D eigenvalue weighted by Crippen LogP contribution is 2.24. The van der Waals surface area contributed by atoms with Gasteiger partial charge in [0.2, 0.25) is 5.91 Å². The molecule has 3 heterocycles. The molecule has 1 aromatic carbocycles. The Bertz CT molecular complexity index is 1020. The molecule has 0 aliphatic carbocycles. The Hall–Kier alpha value is -2.99. The van der Waals surface area contributed by atoms with E-state index in [9.17, 15) is 4.79 Å². The molecular weight excluding hydrogens is 382 g/mol. The van der Waals surface area contributed by atoms with Crippen molar-refractivity contribution in [3.63, 3.8) is 0 Å². The highest BCUT2D eigenvalue weighted by atomic mass is 32.1. The summed E-state index contributed by atoms with van der Waals surface area (Å²) in [6.07, 6.45) is 7.44. The third-order valence-corrected chi connectivity index (χ3v) is 5.87. The number of carbonyl (C=O) groups is 1. The second-order valence-electron chi connectivity index (χ2n) is 7.04. The van der Waals surface area contributed by atoms with E-state index in [0.717, 1.165) is 18.7 Å². The van der Waals surface area contributed by atoms with E-state index in [4.69, 9.17) is 4.74 Å². The lowest BCUT2D eigenvalue weighted by atomic mass is 10.1. The lowest BCUT2D eigenvalue weighted by Crippen LogP contribution is -2.28. The zero-order chi connectivity index (χ0) is 20.1. The zero-order valence-electron chi connectivity index (χ0n) is 16.5. The van der Waals surface area contributed by atoms with Gasteiger partial charge in [0.25, 0.3) is 0 Å². The van der Waals surface area contributed by atoms with E-state index >= 15 is 0 Å². The van der Waals surface area contributed by atoms with Crippen LogP contribution in [0.3, 0.4) is 0 Å². The molecule has 0 radical (unpaired) electrons. The number of amides is 1. The molecule has 29 heavy (non-hydrogen) atoms. The monoisotopic (exact) mass is 407 g/mol. The standard InChI is InChI=1S/C23H25N3O2S/c1-28-20-5-6-21-18(15-20)7-13-26(21)12-4-9-24-23(27)16-22(19-8-14-29-17-19)25-10-2-3-11-25/h2-3,5-8,10-11,13-15,17,22H,4,9,12,16H2,1H3,(H,24,27). The summed E-state index contributed by atoms with van der Waals surface area (Å²) in [4.78, 5) is 12.5. The minimum absolute atomic E-state index is 0.0413. The average Bonchev–Trinajstić information content (AvgIpc) is 3.51. The topological polar surface area (TPSA) is 48.2 Å². The van der Waals surface area contributed by atoms with Crippen LogP contribution in [-0.2, 0) is 11.3 Å². The van der Waals surface area contributed by atoms with E-state index in [1.165, 1.54) is 16.5 Å². The molecule has 0 saturated carbocycles. The number of hydrogen-bond donors (Lipinski definition) is 1. The van der Waals surface area contributed by atoms with Crippen LogP contribution >= 0.6 is 11.3 Å². The van der Waals surface area contributed by atoms with E-state index in [2.05, 4.69) is 49.6 Å². The van der Waals surface area contributed by atoms with Crippen molar-refractivity contribution in [2.45, 2.75) is 25.4 Å². The maximum atomic E-state index is 12.5. The van der Waals surface area contributed by atoms with E-state index in [1.807, 2.05) is 36.7 Å². The van der Waals surface area contributed by atoms with Crippen LogP contribution in [0.5, 0.6) is 5.75 Å². The number of rotatable bonds is 9. The van der Waals surface area contributed by atoms with Gasteiger partial charge in [-0.05, 0) is 65.2 Å². The van der Waals surface area contributed by atoms with Crippen LogP contribution < -0.4 is 10.1 Å². The molecule has 3 aromatic heterocycles. The first-order valence-corrected chi connectivity index (χ1v) is 10.7. The van der Waals surface area contributed by atoms with Gasteiger partial charge in [0.05, 0.1) is 19.6 Å². The first-order chi connectivity index (χ1) is 14.2. The van der Waals surface area contributed by atoms with E-state index in [0.29, 0.717) is 13.0 Å². The molecule has 1 atom stereocenters. The van der Waals surface area contributed by atoms with Crippen molar-refractivity contribution in [1.29, 1.82) is 0 Å². The second kappa shape index (κ2) is 9.01. The van der Waals surface area contributed by atoms with Gasteiger partial charge >= 0.3 is 0 Å². The van der Waals surface area contributed by atoms with Gasteiger partial charge in [-0.1, -0.05) is 0 Å². The van der Waals surface area contributed by atoms with Crippen LogP contribution in [0.4, 0.5) is 0 Å². The van der Waals surface area contributed by atoms with Gasteiger partial charge in [-0.2, -0.15) is 11.3 Å². The number of hydrogen-bond acceptors (Lipinski definition) is 3. The van der Waals surface area contributed by atoms with Gasteiger partial charge < -0.3 is 19.2 Å². The first kappa shape index (κ1) is 19.3. The maximum Gasteiger partial charge on any atom is 0.222 e. The number of carbonyl (C=O) groups excluding carboxylic acids is 1. The molecule has 0 spiro atoms. The molecule has 0 aliphatic heterocycles. The molecule has 0 fully saturated rings. The molecule has 4 rings (SSSR count). The number of aryl methyl sites for hydroxylation is 1. The predicted octanol–water partition coefficient (Wildman–Crippen LogP) is 4.70. The smallest absolute Gasteiger partial charge is 0.222 e. The van der Waals surface area contributed by atoms with Crippen molar-refractivity contribution in [3.8, 4) is 5.75 Å². The zero-order valence-corrected chi connectivity index (χ0v) is 17.3. The summed E-state index contributed by atoms with van der Waals surface area (Å²) in [5.41, 5.74) is 2.36. The number of methoxy groups -OCH3 is 1. The summed E-state index contributed by atoms with van der Waals surface area (Å²) in [6.45, 7) is 1.53. The van der Waals surface area contributed by atoms with Gasteiger partial charge in [0.1, 0.15) is 5.75 Å². The molecule has 0 saturated heterocycles. The minimum Gasteiger partial charge on any atom is -0.497 e. The average molecular weight is 408 g/mol. The van der Waals surface area contributed by atoms with Gasteiger partial charge in [-0.15, -0.1) is 0 Å². The fourth-order valence-electron chi connectivity index (χ4n) is 3.64. The van der Waals surface area contributed by atoms with Gasteiger partial charge in [0, 0.05) is 42.6 Å². The Kier molecular flexibility index (Phi) is 6.00. The summed E-state index contributed by atoms with van der Waals surface area (Å²) in [5.74, 6) is 0.947. The first-order valence-electron chi connectivity index (χ1n) is 9.79. The highest BCUT2D eigenvalue weighted by molar-refractivity contribution is 7.08. The molecule has 4 aromatic rings. The number of ether oxygens (including phenoxy) is 1. The van der Waals surface area contributed by atoms with Crippen molar-refractivity contribution in [2.75, 3.05) is 13.7 Å². The largest absolute Gasteiger partial charge is 0.497 e. The van der Waals surface area contributed by atoms with Gasteiger partial charge in [-0.25, -0.2) is 0 Å². The van der Waals surface area contributed by atoms with E-state index < -0.39 is 0 Å². The summed E-state index contributed by atoms with van der Waals surface area (Å²) < 4.78 is 9.60. The van der Waals surface area contributed by atoms with Crippen LogP contribution in [0.1, 0.15) is 24.4 Å². The molecule has 1 amide bonds. The highest BCUT2D eigenvalue weighted by Gasteiger charge is 2.17. The minimum atomic E-state index is 0.0413. The third kappa shape index (κ3) is 4.54. The SMILES string of the molecule is COc1ccc2c(ccn2CCCNC(=O)CC(c2ccsc2)n2cccc2)c1. The Morgan fingerprint density at radius 1 is 1.17 bits per heavy atom. The number of thiophene rings is 1. The van der Waals surface area contributed by atoms with Crippen molar-refractivity contribution < 1.29 is 9.53 Å². The fourth-order valence-corrected chi connectivity index (χ4v) is 4.35. The number of fused-ring (bicyclic) bond motifs is 1. The molecule has 6 heteroatoms. The van der Waals surface area contributed by atoms with Crippen LogP contribution in [0.25, 0.3) is 10.9 Å². The summed E-state index contributed by atoms with van der Waals surface area (Å²) in [5, 5.41) is 8.42. The van der Waals surface area contributed by atoms with Crippen molar-refractivity contribution in [3.05, 3.63) is 77.4 Å². The summed E-state index contributed by atoms with van der Waals surface area (Å²) in [6, 6.07) is 14.3. The summed E-state index contributed by atoms with van der Waals surface area (Å²) in [7, 11) is 1.68. The van der Waals surface area contributed by atoms with E-state index in [-0.39, 0.29) is 11.9 Å². The Morgan fingerprint density at radius 2 is 2.03 bits per heavy atom. The molecule has 1 unspecified atom stereocenters. The molecule has 5 nitrogen and oxygen atoms in total. The van der Waals surface area contributed by atoms with Crippen LogP contribution in [0, 0.1) is 0 Å². The number of nitrogens with one attached hydrogen (secondary N) is 1. The molecule has 150 valence electrons. The second-order valence-corrected chi connectivity index (χ2v) is 7.82. The normalized spacial score (nSPS) is 12.2. The van der Waals surface area contributed by atoms with Crippen molar-refractivity contribution in [2.24, 2.45) is 0 Å². The van der Waals surface area contributed by atoms with Crippen LogP contribution in [0.2, 0.25) is 0 Å². The molecule has 0 aliphatic rings. The molecule has 0 bridgehead atoms. The van der Waals surface area contributed by atoms with Crippen LogP contribution in [0.15, 0.2) is 71.8 Å². The Balaban J connectivity index is 1.30. The maximum absolute atomic E-state index is 12.5. The molecular formula is C23H25N3O2S. The summed E-state index contributed by atoms with van der Waals surface area (Å²) >= 11 is 1.66. The third-order valence-electron chi connectivity index (χ3n) is 5.17. The predicted molar refractivity (Wildman–Crippen MR) is 118 cm³/mol. The Labute approximate surface area is 174 Å². The van der Waals surface area contributed by atoms with Gasteiger partial charge in [0.15, 0.2) is 0 Å². The fraction of sp³-hybridized carbons (Fsp3) is 0.261. The van der Waals surface area contributed by atoms with Crippen molar-refractivity contribution >= 4 is 28.1 Å².